The summed E-state index contributed by atoms with van der Waals surface area (Å²) in [6, 6.07) is 12.6. The normalized spacial score (nSPS) is 10.4. The molecule has 20 heavy (non-hydrogen) atoms. The molecule has 5 nitrogen and oxygen atoms in total. The molecule has 0 bridgehead atoms. The van der Waals surface area contributed by atoms with Crippen molar-refractivity contribution >= 4 is 29.4 Å². The number of nitrogens with one attached hydrogen (secondary N) is 2. The minimum Gasteiger partial charge on any atom is -0.376 e. The summed E-state index contributed by atoms with van der Waals surface area (Å²) >= 11 is 5.84. The maximum atomic E-state index is 11.6. The number of hydrogen-bond acceptors (Lipinski definition) is 4. The SMILES string of the molecule is O=C(CNc1cccc(Cl)c1)N/N=C\c1ccccn1. The average Bonchev–Trinajstić information content (AvgIpc) is 2.46. The molecule has 0 radical (unpaired) electrons. The van der Waals surface area contributed by atoms with Crippen LogP contribution in [-0.4, -0.2) is 23.7 Å². The summed E-state index contributed by atoms with van der Waals surface area (Å²) in [6.45, 7) is 0.111. The zero-order valence-corrected chi connectivity index (χ0v) is 11.3. The van der Waals surface area contributed by atoms with E-state index in [-0.39, 0.29) is 12.5 Å². The number of rotatable bonds is 5. The zero-order valence-electron chi connectivity index (χ0n) is 10.6. The number of carbonyl (C=O) groups excluding carboxylic acids is 1. The Bertz CT molecular complexity index is 601. The lowest BCUT2D eigenvalue weighted by Crippen LogP contribution is -2.25. The summed E-state index contributed by atoms with van der Waals surface area (Å²) in [6.07, 6.45) is 3.14. The Balaban J connectivity index is 1.77. The van der Waals surface area contributed by atoms with Gasteiger partial charge in [0.25, 0.3) is 5.91 Å². The average molecular weight is 289 g/mol. The van der Waals surface area contributed by atoms with Crippen molar-refractivity contribution in [3.05, 3.63) is 59.4 Å². The van der Waals surface area contributed by atoms with Crippen LogP contribution in [0.25, 0.3) is 0 Å². The molecule has 0 fully saturated rings. The summed E-state index contributed by atoms with van der Waals surface area (Å²) in [5.74, 6) is -0.253. The predicted molar refractivity (Wildman–Crippen MR) is 79.9 cm³/mol. The van der Waals surface area contributed by atoms with Gasteiger partial charge in [0.15, 0.2) is 0 Å². The number of anilines is 1. The molecule has 2 aromatic rings. The first-order valence-electron chi connectivity index (χ1n) is 5.96. The number of benzene rings is 1. The highest BCUT2D eigenvalue weighted by molar-refractivity contribution is 6.30. The third-order valence-corrected chi connectivity index (χ3v) is 2.59. The van der Waals surface area contributed by atoms with Gasteiger partial charge in [0.1, 0.15) is 0 Å². The second-order valence-electron chi connectivity index (χ2n) is 3.91. The summed E-state index contributed by atoms with van der Waals surface area (Å²) in [5, 5.41) is 7.38. The molecule has 0 saturated heterocycles. The van der Waals surface area contributed by atoms with Gasteiger partial charge < -0.3 is 5.32 Å². The molecule has 0 spiro atoms. The summed E-state index contributed by atoms with van der Waals surface area (Å²) in [5.41, 5.74) is 3.87. The topological polar surface area (TPSA) is 66.4 Å². The van der Waals surface area contributed by atoms with Gasteiger partial charge in [-0.15, -0.1) is 0 Å². The first kappa shape index (κ1) is 14.0. The van der Waals surface area contributed by atoms with Crippen molar-refractivity contribution in [2.75, 3.05) is 11.9 Å². The first-order chi connectivity index (χ1) is 9.74. The number of aromatic nitrogens is 1. The van der Waals surface area contributed by atoms with Crippen molar-refractivity contribution < 1.29 is 4.79 Å². The molecule has 1 aromatic heterocycles. The van der Waals surface area contributed by atoms with Gasteiger partial charge in [-0.1, -0.05) is 23.7 Å². The highest BCUT2D eigenvalue weighted by Crippen LogP contribution is 2.14. The molecule has 0 unspecified atom stereocenters. The second-order valence-corrected chi connectivity index (χ2v) is 4.35. The van der Waals surface area contributed by atoms with Crippen LogP contribution in [0.4, 0.5) is 5.69 Å². The largest absolute Gasteiger partial charge is 0.376 e. The second kappa shape index (κ2) is 7.25. The predicted octanol–water partition coefficient (Wildman–Crippen LogP) is 2.30. The van der Waals surface area contributed by atoms with Gasteiger partial charge in [-0.25, -0.2) is 5.43 Å². The maximum absolute atomic E-state index is 11.6. The third kappa shape index (κ3) is 4.70. The van der Waals surface area contributed by atoms with Gasteiger partial charge in [-0.2, -0.15) is 5.10 Å². The van der Waals surface area contributed by atoms with E-state index in [9.17, 15) is 4.79 Å². The smallest absolute Gasteiger partial charge is 0.259 e. The van der Waals surface area contributed by atoms with Crippen LogP contribution in [0, 0.1) is 0 Å². The molecular weight excluding hydrogens is 276 g/mol. The molecule has 102 valence electrons. The van der Waals surface area contributed by atoms with Crippen LogP contribution in [-0.2, 0) is 4.79 Å². The number of halogens is 1. The monoisotopic (exact) mass is 288 g/mol. The molecule has 0 aliphatic heterocycles. The minimum absolute atomic E-state index is 0.111. The Morgan fingerprint density at radius 3 is 2.95 bits per heavy atom. The number of amides is 1. The van der Waals surface area contributed by atoms with Crippen molar-refractivity contribution in [2.45, 2.75) is 0 Å². The highest BCUT2D eigenvalue weighted by atomic mass is 35.5. The summed E-state index contributed by atoms with van der Waals surface area (Å²) < 4.78 is 0. The van der Waals surface area contributed by atoms with E-state index in [0.29, 0.717) is 10.7 Å². The molecule has 0 aliphatic carbocycles. The van der Waals surface area contributed by atoms with E-state index >= 15 is 0 Å². The van der Waals surface area contributed by atoms with Crippen molar-refractivity contribution in [3.8, 4) is 0 Å². The third-order valence-electron chi connectivity index (χ3n) is 2.35. The first-order valence-corrected chi connectivity index (χ1v) is 6.34. The maximum Gasteiger partial charge on any atom is 0.259 e. The quantitative estimate of drug-likeness (QED) is 0.655. The molecule has 6 heteroatoms. The van der Waals surface area contributed by atoms with Crippen LogP contribution in [0.3, 0.4) is 0 Å². The molecule has 1 aromatic carbocycles. The van der Waals surface area contributed by atoms with Gasteiger partial charge in [0.05, 0.1) is 18.5 Å². The van der Waals surface area contributed by atoms with Gasteiger partial charge in [-0.05, 0) is 30.3 Å². The van der Waals surface area contributed by atoms with Crippen molar-refractivity contribution in [1.82, 2.24) is 10.4 Å². The fourth-order valence-electron chi connectivity index (χ4n) is 1.44. The van der Waals surface area contributed by atoms with Crippen LogP contribution < -0.4 is 10.7 Å². The van der Waals surface area contributed by atoms with E-state index in [1.807, 2.05) is 24.3 Å². The van der Waals surface area contributed by atoms with E-state index in [4.69, 9.17) is 11.6 Å². The summed E-state index contributed by atoms with van der Waals surface area (Å²) in [7, 11) is 0. The minimum atomic E-state index is -0.253. The molecule has 0 saturated carbocycles. The number of pyridine rings is 1. The number of hydrogen-bond donors (Lipinski definition) is 2. The lowest BCUT2D eigenvalue weighted by atomic mass is 10.3. The van der Waals surface area contributed by atoms with E-state index in [1.165, 1.54) is 6.21 Å². The molecular formula is C14H13ClN4O. The van der Waals surface area contributed by atoms with Crippen molar-refractivity contribution in [2.24, 2.45) is 5.10 Å². The lowest BCUT2D eigenvalue weighted by molar-refractivity contribution is -0.119. The van der Waals surface area contributed by atoms with E-state index in [0.717, 1.165) is 5.69 Å². The van der Waals surface area contributed by atoms with E-state index < -0.39 is 0 Å². The molecule has 2 N–H and O–H groups in total. The number of nitrogens with zero attached hydrogens (tertiary/aromatic N) is 2. The molecule has 0 aliphatic rings. The lowest BCUT2D eigenvalue weighted by Gasteiger charge is -2.05. The molecule has 1 heterocycles. The Hall–Kier alpha value is -2.40. The fourth-order valence-corrected chi connectivity index (χ4v) is 1.63. The molecule has 1 amide bonds. The molecule has 0 atom stereocenters. The number of hydrazone groups is 1. The van der Waals surface area contributed by atoms with Crippen LogP contribution in [0.2, 0.25) is 5.02 Å². The Morgan fingerprint density at radius 2 is 2.20 bits per heavy atom. The Kier molecular flexibility index (Phi) is 5.08. The van der Waals surface area contributed by atoms with Gasteiger partial charge in [0.2, 0.25) is 0 Å². The Labute approximate surface area is 121 Å². The highest BCUT2D eigenvalue weighted by Gasteiger charge is 1.99. The summed E-state index contributed by atoms with van der Waals surface area (Å²) in [4.78, 5) is 15.6. The Morgan fingerprint density at radius 1 is 1.30 bits per heavy atom. The number of carbonyl (C=O) groups is 1. The fraction of sp³-hybridized carbons (Fsp3) is 0.0714. The van der Waals surface area contributed by atoms with Gasteiger partial charge >= 0.3 is 0 Å². The zero-order chi connectivity index (χ0) is 14.2. The van der Waals surface area contributed by atoms with Crippen molar-refractivity contribution in [1.29, 1.82) is 0 Å². The van der Waals surface area contributed by atoms with E-state index in [2.05, 4.69) is 20.8 Å². The van der Waals surface area contributed by atoms with Gasteiger partial charge in [0, 0.05) is 16.9 Å². The van der Waals surface area contributed by atoms with Crippen LogP contribution in [0.5, 0.6) is 0 Å². The van der Waals surface area contributed by atoms with Crippen molar-refractivity contribution in [3.63, 3.8) is 0 Å². The van der Waals surface area contributed by atoms with Crippen LogP contribution in [0.15, 0.2) is 53.8 Å². The van der Waals surface area contributed by atoms with E-state index in [1.54, 1.807) is 24.4 Å². The van der Waals surface area contributed by atoms with Gasteiger partial charge in [-0.3, -0.25) is 9.78 Å². The van der Waals surface area contributed by atoms with Crippen LogP contribution in [0.1, 0.15) is 5.69 Å². The van der Waals surface area contributed by atoms with Crippen LogP contribution >= 0.6 is 11.6 Å². The molecule has 2 rings (SSSR count). The standard InChI is InChI=1S/C14H13ClN4O/c15-11-4-3-6-12(8-11)17-10-14(20)19-18-9-13-5-1-2-7-16-13/h1-9,17H,10H2,(H,19,20)/b18-9-.